The monoisotopic (exact) mass is 338 g/mol. The topological polar surface area (TPSA) is 42.4 Å². The standard InChI is InChI=1S/C21H26N2O2/c1-2-25-20(24)21(15-18-9-4-3-5-10-18)12-8-14-23(17-21)16-19-11-6-7-13-22-19/h3-7,9-11,13H,2,8,12,14-17H2,1H3. The summed E-state index contributed by atoms with van der Waals surface area (Å²) in [7, 11) is 0. The molecule has 1 aliphatic rings. The number of benzene rings is 1. The van der Waals surface area contributed by atoms with Crippen LogP contribution in [0.3, 0.4) is 0 Å². The first kappa shape index (κ1) is 17.6. The van der Waals surface area contributed by atoms with Crippen molar-refractivity contribution >= 4 is 5.97 Å². The number of aromatic nitrogens is 1. The highest BCUT2D eigenvalue weighted by Gasteiger charge is 2.43. The van der Waals surface area contributed by atoms with Crippen LogP contribution in [0.25, 0.3) is 0 Å². The van der Waals surface area contributed by atoms with Gasteiger partial charge in [0.15, 0.2) is 0 Å². The number of rotatable bonds is 6. The molecule has 0 spiro atoms. The Balaban J connectivity index is 1.79. The van der Waals surface area contributed by atoms with Crippen molar-refractivity contribution in [2.24, 2.45) is 5.41 Å². The van der Waals surface area contributed by atoms with E-state index in [9.17, 15) is 4.79 Å². The van der Waals surface area contributed by atoms with Crippen LogP contribution in [-0.2, 0) is 22.5 Å². The van der Waals surface area contributed by atoms with Crippen LogP contribution >= 0.6 is 0 Å². The average molecular weight is 338 g/mol. The summed E-state index contributed by atoms with van der Waals surface area (Å²) in [6, 6.07) is 16.2. The highest BCUT2D eigenvalue weighted by molar-refractivity contribution is 5.77. The Hall–Kier alpha value is -2.20. The quantitative estimate of drug-likeness (QED) is 0.757. The molecule has 25 heavy (non-hydrogen) atoms. The van der Waals surface area contributed by atoms with Gasteiger partial charge in [-0.1, -0.05) is 36.4 Å². The Labute approximate surface area is 149 Å². The fraction of sp³-hybridized carbons (Fsp3) is 0.429. The van der Waals surface area contributed by atoms with Crippen molar-refractivity contribution in [3.8, 4) is 0 Å². The number of esters is 1. The number of likely N-dealkylation sites (tertiary alicyclic amines) is 1. The molecule has 1 atom stereocenters. The highest BCUT2D eigenvalue weighted by Crippen LogP contribution is 2.35. The molecule has 0 N–H and O–H groups in total. The molecule has 1 aromatic carbocycles. The first-order valence-corrected chi connectivity index (χ1v) is 9.05. The fourth-order valence-electron chi connectivity index (χ4n) is 3.74. The van der Waals surface area contributed by atoms with E-state index >= 15 is 0 Å². The van der Waals surface area contributed by atoms with Gasteiger partial charge in [0.2, 0.25) is 0 Å². The number of piperidine rings is 1. The van der Waals surface area contributed by atoms with Gasteiger partial charge in [0, 0.05) is 19.3 Å². The summed E-state index contributed by atoms with van der Waals surface area (Å²) in [6.45, 7) is 4.79. The molecule has 4 heteroatoms. The number of carbonyl (C=O) groups excluding carboxylic acids is 1. The zero-order valence-corrected chi connectivity index (χ0v) is 14.9. The van der Waals surface area contributed by atoms with Gasteiger partial charge in [0.25, 0.3) is 0 Å². The first-order chi connectivity index (χ1) is 12.2. The second kappa shape index (κ2) is 8.26. The van der Waals surface area contributed by atoms with E-state index < -0.39 is 5.41 Å². The van der Waals surface area contributed by atoms with Crippen LogP contribution in [0.1, 0.15) is 31.0 Å². The van der Waals surface area contributed by atoms with Gasteiger partial charge in [-0.05, 0) is 50.4 Å². The molecule has 1 aromatic heterocycles. The smallest absolute Gasteiger partial charge is 0.313 e. The van der Waals surface area contributed by atoms with Crippen molar-refractivity contribution in [3.63, 3.8) is 0 Å². The predicted molar refractivity (Wildman–Crippen MR) is 98.0 cm³/mol. The summed E-state index contributed by atoms with van der Waals surface area (Å²) in [4.78, 5) is 19.6. The number of nitrogens with zero attached hydrogens (tertiary/aromatic N) is 2. The van der Waals surface area contributed by atoms with E-state index in [-0.39, 0.29) is 5.97 Å². The van der Waals surface area contributed by atoms with Crippen molar-refractivity contribution in [1.29, 1.82) is 0 Å². The van der Waals surface area contributed by atoms with Crippen molar-refractivity contribution in [1.82, 2.24) is 9.88 Å². The molecule has 1 unspecified atom stereocenters. The molecule has 0 radical (unpaired) electrons. The molecular weight excluding hydrogens is 312 g/mol. The van der Waals surface area contributed by atoms with Crippen LogP contribution in [0.4, 0.5) is 0 Å². The van der Waals surface area contributed by atoms with Gasteiger partial charge in [0.05, 0.1) is 17.7 Å². The molecule has 0 saturated carbocycles. The summed E-state index contributed by atoms with van der Waals surface area (Å²) in [5.41, 5.74) is 1.77. The minimum atomic E-state index is -0.468. The summed E-state index contributed by atoms with van der Waals surface area (Å²) >= 11 is 0. The van der Waals surface area contributed by atoms with Crippen LogP contribution in [0, 0.1) is 5.41 Å². The van der Waals surface area contributed by atoms with Crippen LogP contribution < -0.4 is 0 Å². The Kier molecular flexibility index (Phi) is 5.82. The minimum Gasteiger partial charge on any atom is -0.466 e. The Morgan fingerprint density at radius 3 is 2.72 bits per heavy atom. The van der Waals surface area contributed by atoms with Gasteiger partial charge in [-0.15, -0.1) is 0 Å². The molecule has 132 valence electrons. The zero-order valence-electron chi connectivity index (χ0n) is 14.9. The Morgan fingerprint density at radius 1 is 1.20 bits per heavy atom. The average Bonchev–Trinajstić information content (AvgIpc) is 2.64. The molecule has 3 rings (SSSR count). The van der Waals surface area contributed by atoms with Crippen molar-refractivity contribution in [3.05, 3.63) is 66.0 Å². The molecule has 0 aliphatic carbocycles. The lowest BCUT2D eigenvalue weighted by Gasteiger charge is -2.41. The van der Waals surface area contributed by atoms with E-state index in [1.807, 2.05) is 49.5 Å². The van der Waals surface area contributed by atoms with Crippen LogP contribution in [-0.4, -0.2) is 35.5 Å². The lowest BCUT2D eigenvalue weighted by molar-refractivity contribution is -0.159. The maximum atomic E-state index is 12.9. The molecule has 0 bridgehead atoms. The number of pyridine rings is 1. The SMILES string of the molecule is CCOC(=O)C1(Cc2ccccc2)CCCN(Cc2ccccn2)C1. The Morgan fingerprint density at radius 2 is 2.00 bits per heavy atom. The lowest BCUT2D eigenvalue weighted by Crippen LogP contribution is -2.49. The number of carbonyl (C=O) groups is 1. The summed E-state index contributed by atoms with van der Waals surface area (Å²) in [5, 5.41) is 0. The third kappa shape index (κ3) is 4.45. The van der Waals surface area contributed by atoms with Gasteiger partial charge < -0.3 is 4.74 Å². The summed E-state index contributed by atoms with van der Waals surface area (Å²) < 4.78 is 5.47. The van der Waals surface area contributed by atoms with Gasteiger partial charge in [-0.2, -0.15) is 0 Å². The van der Waals surface area contributed by atoms with E-state index in [1.165, 1.54) is 5.56 Å². The van der Waals surface area contributed by atoms with Crippen molar-refractivity contribution in [2.75, 3.05) is 19.7 Å². The van der Waals surface area contributed by atoms with Crippen LogP contribution in [0.15, 0.2) is 54.7 Å². The maximum absolute atomic E-state index is 12.9. The summed E-state index contributed by atoms with van der Waals surface area (Å²) in [6.07, 6.45) is 4.42. The van der Waals surface area contributed by atoms with Crippen molar-refractivity contribution < 1.29 is 9.53 Å². The first-order valence-electron chi connectivity index (χ1n) is 9.05. The molecule has 0 amide bonds. The largest absolute Gasteiger partial charge is 0.466 e. The molecule has 4 nitrogen and oxygen atoms in total. The fourth-order valence-corrected chi connectivity index (χ4v) is 3.74. The van der Waals surface area contributed by atoms with Gasteiger partial charge in [-0.3, -0.25) is 14.7 Å². The molecule has 2 heterocycles. The lowest BCUT2D eigenvalue weighted by atomic mass is 9.75. The molecule has 1 fully saturated rings. The van der Waals surface area contributed by atoms with E-state index in [2.05, 4.69) is 22.0 Å². The van der Waals surface area contributed by atoms with Gasteiger partial charge >= 0.3 is 5.97 Å². The zero-order chi connectivity index (χ0) is 17.5. The second-order valence-corrected chi connectivity index (χ2v) is 6.80. The van der Waals surface area contributed by atoms with Gasteiger partial charge in [0.1, 0.15) is 0 Å². The van der Waals surface area contributed by atoms with Crippen LogP contribution in [0.2, 0.25) is 0 Å². The second-order valence-electron chi connectivity index (χ2n) is 6.80. The molecule has 1 saturated heterocycles. The Bertz CT molecular complexity index is 675. The maximum Gasteiger partial charge on any atom is 0.313 e. The normalized spacial score (nSPS) is 21.0. The van der Waals surface area contributed by atoms with Gasteiger partial charge in [-0.25, -0.2) is 0 Å². The van der Waals surface area contributed by atoms with Crippen LogP contribution in [0.5, 0.6) is 0 Å². The van der Waals surface area contributed by atoms with E-state index in [1.54, 1.807) is 0 Å². The molecular formula is C21H26N2O2. The number of hydrogen-bond acceptors (Lipinski definition) is 4. The van der Waals surface area contributed by atoms with E-state index in [0.29, 0.717) is 6.61 Å². The predicted octanol–water partition coefficient (Wildman–Crippen LogP) is 3.47. The third-order valence-corrected chi connectivity index (χ3v) is 4.86. The van der Waals surface area contributed by atoms with E-state index in [4.69, 9.17) is 4.74 Å². The minimum absolute atomic E-state index is 0.0652. The third-order valence-electron chi connectivity index (χ3n) is 4.86. The number of hydrogen-bond donors (Lipinski definition) is 0. The highest BCUT2D eigenvalue weighted by atomic mass is 16.5. The van der Waals surface area contributed by atoms with Crippen molar-refractivity contribution in [2.45, 2.75) is 32.7 Å². The summed E-state index contributed by atoms with van der Waals surface area (Å²) in [5.74, 6) is -0.0652. The van der Waals surface area contributed by atoms with E-state index in [0.717, 1.165) is 44.6 Å². The molecule has 1 aliphatic heterocycles. The number of ether oxygens (including phenoxy) is 1. The molecule has 2 aromatic rings.